The Morgan fingerprint density at radius 1 is 0.882 bits per heavy atom. The van der Waals surface area contributed by atoms with Crippen LogP contribution in [0.2, 0.25) is 0 Å². The molecule has 8 nitrogen and oxygen atoms in total. The Labute approximate surface area is 297 Å². The summed E-state index contributed by atoms with van der Waals surface area (Å²) in [5.74, 6) is -3.91. The zero-order valence-corrected chi connectivity index (χ0v) is 28.2. The van der Waals surface area contributed by atoms with Crippen molar-refractivity contribution in [1.29, 1.82) is 0 Å². The molecule has 4 aromatic carbocycles. The van der Waals surface area contributed by atoms with E-state index in [9.17, 15) is 32.3 Å². The number of ether oxygens (including phenoxy) is 1. The van der Waals surface area contributed by atoms with E-state index in [-0.39, 0.29) is 40.4 Å². The van der Waals surface area contributed by atoms with Crippen molar-refractivity contribution in [3.8, 4) is 5.75 Å². The molecule has 3 amide bonds. The van der Waals surface area contributed by atoms with Crippen LogP contribution >= 0.6 is 23.1 Å². The van der Waals surface area contributed by atoms with Crippen molar-refractivity contribution in [2.45, 2.75) is 28.8 Å². The molecule has 7 atom stereocenters. The van der Waals surface area contributed by atoms with Crippen molar-refractivity contribution in [3.05, 3.63) is 117 Å². The van der Waals surface area contributed by atoms with E-state index in [2.05, 4.69) is 10.3 Å². The summed E-state index contributed by atoms with van der Waals surface area (Å²) in [4.78, 5) is 58.3. The second-order valence-electron chi connectivity index (χ2n) is 13.4. The van der Waals surface area contributed by atoms with Crippen molar-refractivity contribution >= 4 is 63.0 Å². The number of nitrogens with zero attached hydrogens (tertiary/aromatic N) is 1. The number of hydrogen-bond acceptors (Lipinski definition) is 7. The second-order valence-corrected chi connectivity index (χ2v) is 15.6. The number of alkyl halides is 3. The minimum Gasteiger partial charge on any atom is -0.483 e. The van der Waals surface area contributed by atoms with Gasteiger partial charge in [0.25, 0.3) is 5.91 Å². The molecule has 2 aliphatic heterocycles. The van der Waals surface area contributed by atoms with Crippen molar-refractivity contribution in [1.82, 2.24) is 4.98 Å². The normalized spacial score (nSPS) is 26.3. The number of benzene rings is 4. The number of fused-ring (bicyclic) bond motifs is 10. The van der Waals surface area contributed by atoms with Gasteiger partial charge in [0.05, 0.1) is 28.1 Å². The number of aromatic nitrogens is 1. The molecular formula is C38H28F3N3O5S2. The number of carbonyl (C=O) groups excluding carboxylic acids is 3. The van der Waals surface area contributed by atoms with Gasteiger partial charge in [0.1, 0.15) is 5.75 Å². The molecule has 3 heterocycles. The summed E-state index contributed by atoms with van der Waals surface area (Å²) in [6.45, 7) is -0.288. The lowest BCUT2D eigenvalue weighted by Crippen LogP contribution is -2.42. The minimum absolute atomic E-state index is 0.184. The van der Waals surface area contributed by atoms with Gasteiger partial charge in [-0.2, -0.15) is 13.2 Å². The summed E-state index contributed by atoms with van der Waals surface area (Å²) in [6, 6.07) is 25.4. The summed E-state index contributed by atoms with van der Waals surface area (Å²) in [5.41, 5.74) is -0.0746. The Bertz CT molecular complexity index is 2320. The maximum atomic E-state index is 14.1. The van der Waals surface area contributed by atoms with Gasteiger partial charge in [-0.1, -0.05) is 78.1 Å². The number of carbonyl (C=O) groups is 3. The summed E-state index contributed by atoms with van der Waals surface area (Å²) in [5, 5.41) is 5.31. The molecule has 1 saturated heterocycles. The van der Waals surface area contributed by atoms with Crippen LogP contribution in [0, 0.1) is 29.6 Å². The van der Waals surface area contributed by atoms with E-state index in [0.29, 0.717) is 22.9 Å². The van der Waals surface area contributed by atoms with Gasteiger partial charge in [-0.25, -0.2) is 4.90 Å². The largest absolute Gasteiger partial charge is 0.483 e. The third-order valence-electron chi connectivity index (χ3n) is 10.9. The molecule has 6 unspecified atom stereocenters. The van der Waals surface area contributed by atoms with E-state index < -0.39 is 47.0 Å². The van der Waals surface area contributed by atoms with Gasteiger partial charge >= 0.3 is 11.0 Å². The number of H-pyrrole nitrogens is 1. The van der Waals surface area contributed by atoms with Crippen molar-refractivity contribution in [3.63, 3.8) is 0 Å². The predicted octanol–water partition coefficient (Wildman–Crippen LogP) is 7.30. The summed E-state index contributed by atoms with van der Waals surface area (Å²) < 4.78 is 48.3. The first-order chi connectivity index (χ1) is 24.6. The zero-order chi connectivity index (χ0) is 35.2. The number of para-hydroxylation sites is 2. The van der Waals surface area contributed by atoms with E-state index >= 15 is 0 Å². The number of anilines is 2. The number of amides is 3. The van der Waals surface area contributed by atoms with Crippen LogP contribution in [0.15, 0.2) is 101 Å². The highest BCUT2D eigenvalue weighted by molar-refractivity contribution is 8.00. The number of aromatic amines is 1. The van der Waals surface area contributed by atoms with Crippen molar-refractivity contribution < 1.29 is 32.3 Å². The van der Waals surface area contributed by atoms with Gasteiger partial charge in [0, 0.05) is 32.7 Å². The second kappa shape index (κ2) is 11.8. The fourth-order valence-corrected chi connectivity index (χ4v) is 11.9. The first-order valence-electron chi connectivity index (χ1n) is 16.5. The molecule has 2 N–H and O–H groups in total. The van der Waals surface area contributed by atoms with Gasteiger partial charge < -0.3 is 15.0 Å². The van der Waals surface area contributed by atoms with Crippen LogP contribution < -0.4 is 19.8 Å². The summed E-state index contributed by atoms with van der Waals surface area (Å²) in [6.07, 6.45) is -4.19. The molecule has 51 heavy (non-hydrogen) atoms. The lowest BCUT2D eigenvalue weighted by Gasteiger charge is -2.43. The van der Waals surface area contributed by atoms with Gasteiger partial charge in [-0.05, 0) is 53.8 Å². The van der Waals surface area contributed by atoms with Crippen LogP contribution in [-0.4, -0.2) is 34.6 Å². The fourth-order valence-electron chi connectivity index (χ4n) is 9.04. The predicted molar refractivity (Wildman–Crippen MR) is 187 cm³/mol. The van der Waals surface area contributed by atoms with Gasteiger partial charge in [0.2, 0.25) is 11.8 Å². The molecule has 2 saturated carbocycles. The zero-order valence-electron chi connectivity index (χ0n) is 26.6. The van der Waals surface area contributed by atoms with Crippen LogP contribution in [0.3, 0.4) is 0 Å². The number of thiazole rings is 1. The lowest BCUT2D eigenvalue weighted by molar-refractivity contribution is -0.137. The Balaban J connectivity index is 1.04. The SMILES string of the molecule is O=C(COc1ccccc1[C@H]1c2sc(=O)[nH]c2SC2C3CC(C4C(=O)N(c5ccccc5C(F)(F)F)C(=O)C34)C21)Nc1cccc2ccccc12. The van der Waals surface area contributed by atoms with Gasteiger partial charge in [0.15, 0.2) is 6.61 Å². The molecule has 1 aromatic heterocycles. The maximum Gasteiger partial charge on any atom is 0.418 e. The molecule has 2 bridgehead atoms. The van der Waals surface area contributed by atoms with E-state index in [1.54, 1.807) is 12.1 Å². The number of imide groups is 1. The van der Waals surface area contributed by atoms with E-state index in [1.807, 2.05) is 54.6 Å². The Morgan fingerprint density at radius 3 is 2.41 bits per heavy atom. The molecule has 3 fully saturated rings. The third kappa shape index (κ3) is 5.03. The summed E-state index contributed by atoms with van der Waals surface area (Å²) >= 11 is 2.56. The number of halogens is 3. The maximum absolute atomic E-state index is 14.1. The smallest absolute Gasteiger partial charge is 0.418 e. The van der Waals surface area contributed by atoms with E-state index in [4.69, 9.17) is 4.74 Å². The molecule has 9 rings (SSSR count). The van der Waals surface area contributed by atoms with Crippen LogP contribution in [0.5, 0.6) is 5.75 Å². The summed E-state index contributed by atoms with van der Waals surface area (Å²) in [7, 11) is 0. The first-order valence-corrected chi connectivity index (χ1v) is 18.2. The standard InChI is InChI=1S/C38H28F3N3O5S2/c39-38(40,41)23-12-4-5-14-25(23)44-35(46)30-21-16-22(31(30)36(44)47)32-29(21)28(33-34(50-32)43-37(48)51-33)20-11-3-6-15-26(20)49-17-27(45)42-24-13-7-9-18-8-1-2-10-19(18)24/h1-15,21-22,28-32H,16-17H2,(H,42,45)(H,43,48)/t21?,22?,28-,29?,30?,31?,32?/m1/s1. The van der Waals surface area contributed by atoms with Crippen LogP contribution in [-0.2, 0) is 20.6 Å². The highest BCUT2D eigenvalue weighted by atomic mass is 32.2. The molecule has 0 radical (unpaired) electrons. The topological polar surface area (TPSA) is 109 Å². The van der Waals surface area contributed by atoms with Gasteiger partial charge in [-0.3, -0.25) is 19.2 Å². The Hall–Kier alpha value is -4.88. The molecule has 4 aliphatic rings. The quantitative estimate of drug-likeness (QED) is 0.178. The van der Waals surface area contributed by atoms with E-state index in [0.717, 1.165) is 43.5 Å². The third-order valence-corrected chi connectivity index (χ3v) is 13.4. The molecule has 258 valence electrons. The van der Waals surface area contributed by atoms with Crippen LogP contribution in [0.25, 0.3) is 10.8 Å². The molecular weight excluding hydrogens is 700 g/mol. The molecule has 2 aliphatic carbocycles. The average molecular weight is 728 g/mol. The highest BCUT2D eigenvalue weighted by Crippen LogP contribution is 2.69. The van der Waals surface area contributed by atoms with Crippen LogP contribution in [0.1, 0.15) is 28.3 Å². The fraction of sp³-hybridized carbons (Fsp3) is 0.263. The molecule has 5 aromatic rings. The van der Waals surface area contributed by atoms with E-state index in [1.165, 1.54) is 30.0 Å². The number of thioether (sulfide) groups is 1. The highest BCUT2D eigenvalue weighted by Gasteiger charge is 2.70. The van der Waals surface area contributed by atoms with Crippen LogP contribution in [0.4, 0.5) is 24.5 Å². The van der Waals surface area contributed by atoms with Crippen molar-refractivity contribution in [2.75, 3.05) is 16.8 Å². The lowest BCUT2D eigenvalue weighted by atomic mass is 9.68. The first kappa shape index (κ1) is 32.1. The van der Waals surface area contributed by atoms with Crippen molar-refractivity contribution in [2.24, 2.45) is 29.6 Å². The Kier molecular flexibility index (Phi) is 7.44. The number of rotatable bonds is 6. The minimum atomic E-state index is -4.75. The van der Waals surface area contributed by atoms with Gasteiger partial charge in [-0.15, -0.1) is 11.8 Å². The monoisotopic (exact) mass is 727 g/mol. The Morgan fingerprint density at radius 2 is 1.59 bits per heavy atom. The molecule has 13 heteroatoms. The average Bonchev–Trinajstić information content (AvgIpc) is 3.86. The molecule has 0 spiro atoms. The number of nitrogens with one attached hydrogen (secondary N) is 2. The number of hydrogen-bond donors (Lipinski definition) is 2.